The summed E-state index contributed by atoms with van der Waals surface area (Å²) in [5, 5.41) is 31.1. The number of Topliss-reactive ketones (excluding diaryl/α,β-unsaturated/α-hetero) is 1. The van der Waals surface area contributed by atoms with E-state index in [1.165, 1.54) is 19.3 Å². The Hall–Kier alpha value is -0.710. The lowest BCUT2D eigenvalue weighted by atomic mass is 9.50. The zero-order valence-corrected chi connectivity index (χ0v) is 13.3. The summed E-state index contributed by atoms with van der Waals surface area (Å²) in [4.78, 5) is 12.0. The number of carbonyl (C=O) groups excluding carboxylic acids is 1. The van der Waals surface area contributed by atoms with Crippen molar-refractivity contribution in [1.29, 1.82) is 0 Å². The van der Waals surface area contributed by atoms with E-state index in [0.29, 0.717) is 18.8 Å². The van der Waals surface area contributed by atoms with Gasteiger partial charge in [0.25, 0.3) is 0 Å². The molecule has 3 N–H and O–H groups in total. The van der Waals surface area contributed by atoms with E-state index in [-0.39, 0.29) is 23.5 Å². The first-order chi connectivity index (χ1) is 10.4. The summed E-state index contributed by atoms with van der Waals surface area (Å²) in [6.45, 7) is 1.83. The molecule has 0 spiro atoms. The van der Waals surface area contributed by atoms with E-state index in [1.807, 2.05) is 13.0 Å². The fourth-order valence-corrected chi connectivity index (χ4v) is 4.90. The predicted octanol–water partition coefficient (Wildman–Crippen LogP) is 1.82. The van der Waals surface area contributed by atoms with Gasteiger partial charge in [-0.15, -0.1) is 0 Å². The largest absolute Gasteiger partial charge is 0.393 e. The maximum absolute atomic E-state index is 12.0. The van der Waals surface area contributed by atoms with Gasteiger partial charge in [0, 0.05) is 17.8 Å². The number of rotatable bonds is 3. The molecule has 0 amide bonds. The van der Waals surface area contributed by atoms with Gasteiger partial charge in [-0.2, -0.15) is 0 Å². The molecule has 0 saturated heterocycles. The molecule has 0 aromatic rings. The molecule has 4 heteroatoms. The van der Waals surface area contributed by atoms with Gasteiger partial charge in [-0.25, -0.2) is 0 Å². The van der Waals surface area contributed by atoms with Crippen LogP contribution in [0.2, 0.25) is 0 Å². The van der Waals surface area contributed by atoms with Crippen molar-refractivity contribution in [3.63, 3.8) is 0 Å². The highest BCUT2D eigenvalue weighted by Gasteiger charge is 2.63. The second-order valence-corrected chi connectivity index (χ2v) is 7.56. The molecular formula is C18H28O4. The van der Waals surface area contributed by atoms with Crippen molar-refractivity contribution >= 4 is 5.78 Å². The highest BCUT2D eigenvalue weighted by molar-refractivity contribution is 5.96. The number of ketones is 1. The minimum atomic E-state index is -1.25. The first-order valence-corrected chi connectivity index (χ1v) is 8.76. The van der Waals surface area contributed by atoms with Crippen molar-refractivity contribution in [2.45, 2.75) is 69.7 Å². The van der Waals surface area contributed by atoms with Crippen molar-refractivity contribution in [2.24, 2.45) is 23.7 Å². The molecule has 3 aliphatic carbocycles. The van der Waals surface area contributed by atoms with E-state index < -0.39 is 17.8 Å². The summed E-state index contributed by atoms with van der Waals surface area (Å²) < 4.78 is 0. The minimum absolute atomic E-state index is 0.0874. The fourth-order valence-electron chi connectivity index (χ4n) is 4.90. The summed E-state index contributed by atoms with van der Waals surface area (Å²) >= 11 is 0. The Morgan fingerprint density at radius 3 is 2.59 bits per heavy atom. The molecule has 3 aliphatic rings. The minimum Gasteiger partial charge on any atom is -0.393 e. The molecule has 0 aromatic carbocycles. The number of carbonyl (C=O) groups is 1. The Morgan fingerprint density at radius 2 is 1.91 bits per heavy atom. The quantitative estimate of drug-likeness (QED) is 0.695. The van der Waals surface area contributed by atoms with Crippen molar-refractivity contribution in [2.75, 3.05) is 0 Å². The summed E-state index contributed by atoms with van der Waals surface area (Å²) in [7, 11) is 0. The van der Waals surface area contributed by atoms with E-state index in [9.17, 15) is 20.1 Å². The van der Waals surface area contributed by atoms with Crippen LogP contribution in [0.4, 0.5) is 0 Å². The van der Waals surface area contributed by atoms with Crippen LogP contribution in [0, 0.1) is 23.7 Å². The van der Waals surface area contributed by atoms with Crippen molar-refractivity contribution in [1.82, 2.24) is 0 Å². The normalized spacial score (nSPS) is 44.6. The molecule has 3 saturated carbocycles. The first kappa shape index (κ1) is 16.2. The van der Waals surface area contributed by atoms with Gasteiger partial charge in [-0.3, -0.25) is 4.79 Å². The average Bonchev–Trinajstić information content (AvgIpc) is 2.55. The molecule has 0 heterocycles. The molecular weight excluding hydrogens is 280 g/mol. The van der Waals surface area contributed by atoms with E-state index in [2.05, 4.69) is 0 Å². The molecule has 124 valence electrons. The Kier molecular flexibility index (Phi) is 4.45. The van der Waals surface area contributed by atoms with Crippen molar-refractivity contribution in [3.05, 3.63) is 12.2 Å². The van der Waals surface area contributed by atoms with E-state index in [0.717, 1.165) is 12.8 Å². The van der Waals surface area contributed by atoms with Gasteiger partial charge in [0.1, 0.15) is 5.60 Å². The van der Waals surface area contributed by atoms with Gasteiger partial charge < -0.3 is 15.3 Å². The lowest BCUT2D eigenvalue weighted by molar-refractivity contribution is -0.197. The Labute approximate surface area is 132 Å². The average molecular weight is 308 g/mol. The van der Waals surface area contributed by atoms with E-state index in [4.69, 9.17) is 0 Å². The lowest BCUT2D eigenvalue weighted by Crippen LogP contribution is -2.68. The van der Waals surface area contributed by atoms with E-state index >= 15 is 0 Å². The summed E-state index contributed by atoms with van der Waals surface area (Å²) in [5.41, 5.74) is -1.25. The van der Waals surface area contributed by atoms with Gasteiger partial charge in [0.2, 0.25) is 0 Å². The molecule has 4 nitrogen and oxygen atoms in total. The number of fused-ring (bicyclic) bond motifs is 1. The van der Waals surface area contributed by atoms with E-state index in [1.54, 1.807) is 6.08 Å². The third-order valence-corrected chi connectivity index (χ3v) is 6.27. The molecule has 0 aromatic heterocycles. The van der Waals surface area contributed by atoms with Crippen LogP contribution >= 0.6 is 0 Å². The number of hydrogen-bond donors (Lipinski definition) is 3. The molecule has 22 heavy (non-hydrogen) atoms. The van der Waals surface area contributed by atoms with Gasteiger partial charge in [0.15, 0.2) is 5.78 Å². The first-order valence-electron chi connectivity index (χ1n) is 8.76. The maximum Gasteiger partial charge on any atom is 0.167 e. The highest BCUT2D eigenvalue weighted by atomic mass is 16.3. The molecule has 0 bridgehead atoms. The van der Waals surface area contributed by atoms with Crippen LogP contribution in [0.25, 0.3) is 0 Å². The third-order valence-electron chi connectivity index (χ3n) is 6.27. The van der Waals surface area contributed by atoms with Crippen LogP contribution in [0.5, 0.6) is 0 Å². The molecule has 0 radical (unpaired) electrons. The second kappa shape index (κ2) is 6.06. The SMILES string of the molecule is CC1C(=O)[C@]2(O)CC[C@H](O)[C@@H](/C=C/[C@@H](O)C3CCCCC3)[C@H]12. The Bertz CT molecular complexity index is 454. The lowest BCUT2D eigenvalue weighted by Gasteiger charge is -2.56. The van der Waals surface area contributed by atoms with Crippen LogP contribution in [0.3, 0.4) is 0 Å². The van der Waals surface area contributed by atoms with Gasteiger partial charge in [0.05, 0.1) is 12.2 Å². The Morgan fingerprint density at radius 1 is 1.23 bits per heavy atom. The number of aliphatic hydroxyl groups is 3. The monoisotopic (exact) mass is 308 g/mol. The Balaban J connectivity index is 1.69. The van der Waals surface area contributed by atoms with Crippen molar-refractivity contribution in [3.8, 4) is 0 Å². The van der Waals surface area contributed by atoms with Crippen LogP contribution in [0.15, 0.2) is 12.2 Å². The predicted molar refractivity (Wildman–Crippen MR) is 83.1 cm³/mol. The number of hydrogen-bond acceptors (Lipinski definition) is 4. The third kappa shape index (κ3) is 2.55. The second-order valence-electron chi connectivity index (χ2n) is 7.56. The standard InChI is InChI=1S/C18H28O4/c1-11-16-13(15(20)9-10-18(16,22)17(11)21)7-8-14(19)12-5-3-2-4-6-12/h7-8,11-16,19-20,22H,2-6,9-10H2,1H3/b8-7+/t11?,13-,14-,15+,16+,18+/m1/s1. The smallest absolute Gasteiger partial charge is 0.167 e. The molecule has 3 fully saturated rings. The van der Waals surface area contributed by atoms with Crippen molar-refractivity contribution < 1.29 is 20.1 Å². The molecule has 3 rings (SSSR count). The van der Waals surface area contributed by atoms with Gasteiger partial charge >= 0.3 is 0 Å². The highest BCUT2D eigenvalue weighted by Crippen LogP contribution is 2.52. The summed E-state index contributed by atoms with van der Waals surface area (Å²) in [6, 6.07) is 0. The molecule has 6 atom stereocenters. The topological polar surface area (TPSA) is 77.8 Å². The van der Waals surface area contributed by atoms with Crippen LogP contribution in [-0.2, 0) is 4.79 Å². The number of aliphatic hydroxyl groups excluding tert-OH is 2. The van der Waals surface area contributed by atoms with Gasteiger partial charge in [-0.1, -0.05) is 38.3 Å². The van der Waals surface area contributed by atoms with Crippen LogP contribution in [0.1, 0.15) is 51.9 Å². The zero-order valence-electron chi connectivity index (χ0n) is 13.3. The van der Waals surface area contributed by atoms with Gasteiger partial charge in [-0.05, 0) is 31.6 Å². The maximum atomic E-state index is 12.0. The molecule has 1 unspecified atom stereocenters. The summed E-state index contributed by atoms with van der Waals surface area (Å²) in [6.07, 6.45) is 9.17. The molecule has 0 aliphatic heterocycles. The van der Waals surface area contributed by atoms with Crippen LogP contribution < -0.4 is 0 Å². The van der Waals surface area contributed by atoms with Crippen LogP contribution in [-0.4, -0.2) is 38.9 Å². The fraction of sp³-hybridized carbons (Fsp3) is 0.833. The summed E-state index contributed by atoms with van der Waals surface area (Å²) in [5.74, 6) is -0.426. The zero-order chi connectivity index (χ0) is 15.9.